The number of guanidine groups is 1. The molecule has 0 amide bonds. The van der Waals surface area contributed by atoms with E-state index in [4.69, 9.17) is 14.1 Å². The van der Waals surface area contributed by atoms with Crippen molar-refractivity contribution in [3.8, 4) is 0 Å². The number of nitrogens with one attached hydrogen (secondary N) is 2. The summed E-state index contributed by atoms with van der Waals surface area (Å²) >= 11 is 0. The van der Waals surface area contributed by atoms with E-state index in [-0.39, 0.29) is 5.41 Å². The number of fused-ring (bicyclic) bond motifs is 1. The number of furan rings is 1. The van der Waals surface area contributed by atoms with E-state index >= 15 is 0 Å². The fraction of sp³-hybridized carbons (Fsp3) is 0.773. The molecule has 0 aromatic carbocycles. The third-order valence-corrected chi connectivity index (χ3v) is 7.00. The predicted octanol–water partition coefficient (Wildman–Crippen LogP) is 2.66. The Kier molecular flexibility index (Phi) is 5.97. The standard InChI is InChI=1S/C22H36N4O2/c1-4-26-12-5-7-16(26)15-24-21(23-11-9-17-8-6-13-27-17)25-19-18-10-14-28-20(18)22(19,2)3/h6,8,13,16,18-20H,4-5,7,9-12,14-15H2,1-3H3,(H2,23,24,25). The molecule has 156 valence electrons. The maximum absolute atomic E-state index is 5.96. The van der Waals surface area contributed by atoms with E-state index < -0.39 is 0 Å². The molecule has 2 N–H and O–H groups in total. The molecular weight excluding hydrogens is 352 g/mol. The first-order chi connectivity index (χ1) is 13.6. The zero-order valence-corrected chi connectivity index (χ0v) is 17.6. The molecule has 1 aromatic rings. The van der Waals surface area contributed by atoms with Crippen LogP contribution in [-0.4, -0.2) is 61.8 Å². The van der Waals surface area contributed by atoms with Crippen molar-refractivity contribution in [2.24, 2.45) is 16.3 Å². The van der Waals surface area contributed by atoms with Crippen molar-refractivity contribution in [2.45, 2.75) is 64.6 Å². The van der Waals surface area contributed by atoms with Gasteiger partial charge in [0.2, 0.25) is 0 Å². The molecule has 0 radical (unpaired) electrons. The van der Waals surface area contributed by atoms with Gasteiger partial charge in [-0.25, -0.2) is 0 Å². The number of likely N-dealkylation sites (tertiary alicyclic amines) is 1. The van der Waals surface area contributed by atoms with Crippen LogP contribution < -0.4 is 10.6 Å². The van der Waals surface area contributed by atoms with E-state index in [1.54, 1.807) is 6.26 Å². The minimum absolute atomic E-state index is 0.146. The van der Waals surface area contributed by atoms with Crippen molar-refractivity contribution in [2.75, 3.05) is 32.8 Å². The zero-order chi connectivity index (χ0) is 19.6. The minimum Gasteiger partial charge on any atom is -0.469 e. The third-order valence-electron chi connectivity index (χ3n) is 7.00. The zero-order valence-electron chi connectivity index (χ0n) is 17.6. The summed E-state index contributed by atoms with van der Waals surface area (Å²) in [4.78, 5) is 7.56. The summed E-state index contributed by atoms with van der Waals surface area (Å²) in [6, 6.07) is 4.96. The van der Waals surface area contributed by atoms with Gasteiger partial charge in [0.15, 0.2) is 5.96 Å². The van der Waals surface area contributed by atoms with E-state index in [0.29, 0.717) is 24.1 Å². The van der Waals surface area contributed by atoms with Crippen LogP contribution in [0.4, 0.5) is 0 Å². The van der Waals surface area contributed by atoms with E-state index in [0.717, 1.165) is 50.8 Å². The summed E-state index contributed by atoms with van der Waals surface area (Å²) in [5, 5.41) is 7.31. The molecule has 3 heterocycles. The van der Waals surface area contributed by atoms with Crippen LogP contribution in [0.25, 0.3) is 0 Å². The molecule has 1 aromatic heterocycles. The van der Waals surface area contributed by atoms with Gasteiger partial charge in [-0.05, 0) is 44.5 Å². The lowest BCUT2D eigenvalue weighted by molar-refractivity contribution is -0.106. The second-order valence-corrected chi connectivity index (χ2v) is 9.06. The summed E-state index contributed by atoms with van der Waals surface area (Å²) in [5.74, 6) is 2.55. The lowest BCUT2D eigenvalue weighted by Gasteiger charge is -2.55. The molecule has 0 spiro atoms. The minimum atomic E-state index is 0.146. The van der Waals surface area contributed by atoms with Crippen LogP contribution in [0.2, 0.25) is 0 Å². The highest BCUT2D eigenvalue weighted by atomic mass is 16.5. The van der Waals surface area contributed by atoms with Gasteiger partial charge in [0.1, 0.15) is 5.76 Å². The van der Waals surface area contributed by atoms with Crippen LogP contribution in [-0.2, 0) is 11.2 Å². The Morgan fingerprint density at radius 2 is 2.25 bits per heavy atom. The van der Waals surface area contributed by atoms with E-state index in [1.165, 1.54) is 19.4 Å². The number of rotatable bonds is 7. The number of likely N-dealkylation sites (N-methyl/N-ethyl adjacent to an activating group) is 1. The van der Waals surface area contributed by atoms with Crippen molar-refractivity contribution in [3.05, 3.63) is 24.2 Å². The van der Waals surface area contributed by atoms with Gasteiger partial charge >= 0.3 is 0 Å². The highest BCUT2D eigenvalue weighted by molar-refractivity contribution is 5.80. The fourth-order valence-corrected chi connectivity index (χ4v) is 5.39. The second-order valence-electron chi connectivity index (χ2n) is 9.06. The molecule has 6 heteroatoms. The van der Waals surface area contributed by atoms with Crippen LogP contribution in [0.3, 0.4) is 0 Å². The first-order valence-corrected chi connectivity index (χ1v) is 11.0. The Bertz CT molecular complexity index is 658. The normalized spacial score (nSPS) is 32.2. The summed E-state index contributed by atoms with van der Waals surface area (Å²) in [6.45, 7) is 11.8. The molecule has 2 aliphatic heterocycles. The van der Waals surface area contributed by atoms with Crippen LogP contribution in [0.5, 0.6) is 0 Å². The number of hydrogen-bond donors (Lipinski definition) is 2. The Morgan fingerprint density at radius 3 is 3.04 bits per heavy atom. The first-order valence-electron chi connectivity index (χ1n) is 11.0. The highest BCUT2D eigenvalue weighted by Crippen LogP contribution is 2.52. The highest BCUT2D eigenvalue weighted by Gasteiger charge is 2.59. The van der Waals surface area contributed by atoms with Gasteiger partial charge in [-0.2, -0.15) is 0 Å². The van der Waals surface area contributed by atoms with Crippen LogP contribution in [0.1, 0.15) is 45.8 Å². The quantitative estimate of drug-likeness (QED) is 0.555. The SMILES string of the molecule is CCN1CCCC1CN=C(NCCc1ccco1)NC1C2CCOC2C1(C)C. The largest absolute Gasteiger partial charge is 0.469 e. The van der Waals surface area contributed by atoms with Crippen molar-refractivity contribution in [1.82, 2.24) is 15.5 Å². The molecule has 3 aliphatic rings. The lowest BCUT2D eigenvalue weighted by Crippen LogP contribution is -2.68. The fourth-order valence-electron chi connectivity index (χ4n) is 5.39. The maximum atomic E-state index is 5.96. The summed E-state index contributed by atoms with van der Waals surface area (Å²) in [7, 11) is 0. The van der Waals surface area contributed by atoms with Gasteiger partial charge in [-0.1, -0.05) is 20.8 Å². The molecule has 28 heavy (non-hydrogen) atoms. The van der Waals surface area contributed by atoms with E-state index in [2.05, 4.69) is 36.3 Å². The first kappa shape index (κ1) is 19.8. The summed E-state index contributed by atoms with van der Waals surface area (Å²) < 4.78 is 11.4. The Balaban J connectivity index is 1.39. The number of hydrogen-bond acceptors (Lipinski definition) is 4. The average Bonchev–Trinajstić information content (AvgIpc) is 3.44. The van der Waals surface area contributed by atoms with Gasteiger partial charge in [0, 0.05) is 43.0 Å². The molecular formula is C22H36N4O2. The molecule has 6 nitrogen and oxygen atoms in total. The van der Waals surface area contributed by atoms with Gasteiger partial charge in [0.05, 0.1) is 18.9 Å². The average molecular weight is 389 g/mol. The Hall–Kier alpha value is -1.53. The molecule has 4 atom stereocenters. The molecule has 4 rings (SSSR count). The van der Waals surface area contributed by atoms with Crippen LogP contribution in [0, 0.1) is 11.3 Å². The molecule has 4 unspecified atom stereocenters. The Morgan fingerprint density at radius 1 is 1.36 bits per heavy atom. The van der Waals surface area contributed by atoms with E-state index in [9.17, 15) is 0 Å². The molecule has 1 aliphatic carbocycles. The Labute approximate surface area is 169 Å². The third kappa shape index (κ3) is 3.94. The molecule has 1 saturated carbocycles. The molecule has 2 saturated heterocycles. The number of ether oxygens (including phenoxy) is 1. The van der Waals surface area contributed by atoms with Crippen LogP contribution >= 0.6 is 0 Å². The topological polar surface area (TPSA) is 62.0 Å². The van der Waals surface area contributed by atoms with Gasteiger partial charge in [0.25, 0.3) is 0 Å². The second kappa shape index (κ2) is 8.46. The van der Waals surface area contributed by atoms with Gasteiger partial charge < -0.3 is 19.8 Å². The summed E-state index contributed by atoms with van der Waals surface area (Å²) in [6.07, 6.45) is 6.68. The monoisotopic (exact) mass is 388 g/mol. The van der Waals surface area contributed by atoms with Gasteiger partial charge in [-0.3, -0.25) is 9.89 Å². The van der Waals surface area contributed by atoms with Crippen molar-refractivity contribution < 1.29 is 9.15 Å². The molecule has 0 bridgehead atoms. The van der Waals surface area contributed by atoms with Crippen molar-refractivity contribution in [3.63, 3.8) is 0 Å². The van der Waals surface area contributed by atoms with E-state index in [1.807, 2.05) is 12.1 Å². The summed E-state index contributed by atoms with van der Waals surface area (Å²) in [5.41, 5.74) is 0.146. The maximum Gasteiger partial charge on any atom is 0.191 e. The van der Waals surface area contributed by atoms with Gasteiger partial charge in [-0.15, -0.1) is 0 Å². The number of nitrogens with zero attached hydrogens (tertiary/aromatic N) is 2. The number of aliphatic imine (C=N–C) groups is 1. The molecule has 3 fully saturated rings. The van der Waals surface area contributed by atoms with Crippen molar-refractivity contribution in [1.29, 1.82) is 0 Å². The van der Waals surface area contributed by atoms with Crippen LogP contribution in [0.15, 0.2) is 27.8 Å². The lowest BCUT2D eigenvalue weighted by atomic mass is 9.57. The smallest absolute Gasteiger partial charge is 0.191 e. The predicted molar refractivity (Wildman–Crippen MR) is 112 cm³/mol. The van der Waals surface area contributed by atoms with Crippen molar-refractivity contribution >= 4 is 5.96 Å².